The molecule has 6 heteroatoms. The SMILES string of the molecule is O=C(CCOc1ccccc1)NCCc1ccc(C(F)(F)F)cc1. The Labute approximate surface area is 138 Å². The van der Waals surface area contributed by atoms with Crippen molar-refractivity contribution in [2.75, 3.05) is 13.2 Å². The highest BCUT2D eigenvalue weighted by atomic mass is 19.4. The van der Waals surface area contributed by atoms with Crippen molar-refractivity contribution in [1.82, 2.24) is 5.32 Å². The van der Waals surface area contributed by atoms with E-state index >= 15 is 0 Å². The Morgan fingerprint density at radius 2 is 1.67 bits per heavy atom. The third kappa shape index (κ3) is 5.95. The first-order chi connectivity index (χ1) is 11.4. The summed E-state index contributed by atoms with van der Waals surface area (Å²) in [5.41, 5.74) is 0.0668. The van der Waals surface area contributed by atoms with Crippen LogP contribution in [-0.4, -0.2) is 19.1 Å². The van der Waals surface area contributed by atoms with Crippen LogP contribution in [0.3, 0.4) is 0 Å². The Hall–Kier alpha value is -2.50. The quantitative estimate of drug-likeness (QED) is 0.834. The molecule has 0 unspecified atom stereocenters. The monoisotopic (exact) mass is 337 g/mol. The minimum atomic E-state index is -4.33. The van der Waals surface area contributed by atoms with E-state index in [1.54, 1.807) is 0 Å². The molecule has 0 fully saturated rings. The predicted octanol–water partition coefficient (Wildman–Crippen LogP) is 3.83. The lowest BCUT2D eigenvalue weighted by atomic mass is 10.1. The fraction of sp³-hybridized carbons (Fsp3) is 0.278. The number of halogens is 3. The van der Waals surface area contributed by atoms with Gasteiger partial charge in [-0.2, -0.15) is 13.2 Å². The molecule has 2 aromatic rings. The number of carbonyl (C=O) groups is 1. The van der Waals surface area contributed by atoms with Gasteiger partial charge in [0.25, 0.3) is 0 Å². The summed E-state index contributed by atoms with van der Waals surface area (Å²) < 4.78 is 42.8. The second-order valence-corrected chi connectivity index (χ2v) is 5.21. The summed E-state index contributed by atoms with van der Waals surface area (Å²) in [4.78, 5) is 11.7. The van der Waals surface area contributed by atoms with Gasteiger partial charge in [0.15, 0.2) is 0 Å². The highest BCUT2D eigenvalue weighted by molar-refractivity contribution is 5.75. The number of hydrogen-bond donors (Lipinski definition) is 1. The summed E-state index contributed by atoms with van der Waals surface area (Å²) in [6, 6.07) is 14.1. The third-order valence-electron chi connectivity index (χ3n) is 3.36. The van der Waals surface area contributed by atoms with E-state index in [-0.39, 0.29) is 18.9 Å². The molecule has 0 heterocycles. The Kier molecular flexibility index (Phi) is 6.23. The zero-order valence-corrected chi connectivity index (χ0v) is 13.0. The van der Waals surface area contributed by atoms with Gasteiger partial charge < -0.3 is 10.1 Å². The number of carbonyl (C=O) groups excluding carboxylic acids is 1. The van der Waals surface area contributed by atoms with E-state index in [4.69, 9.17) is 4.74 Å². The van der Waals surface area contributed by atoms with Crippen molar-refractivity contribution < 1.29 is 22.7 Å². The number of hydrogen-bond acceptors (Lipinski definition) is 2. The van der Waals surface area contributed by atoms with E-state index in [1.807, 2.05) is 30.3 Å². The molecule has 0 spiro atoms. The summed E-state index contributed by atoms with van der Waals surface area (Å²) >= 11 is 0. The molecule has 1 amide bonds. The first kappa shape index (κ1) is 17.8. The number of rotatable bonds is 7. The van der Waals surface area contributed by atoms with Crippen LogP contribution < -0.4 is 10.1 Å². The molecule has 0 aromatic heterocycles. The molecule has 0 atom stereocenters. The average molecular weight is 337 g/mol. The van der Waals surface area contributed by atoms with E-state index in [9.17, 15) is 18.0 Å². The fourth-order valence-electron chi connectivity index (χ4n) is 2.07. The maximum Gasteiger partial charge on any atom is 0.416 e. The van der Waals surface area contributed by atoms with E-state index in [2.05, 4.69) is 5.32 Å². The van der Waals surface area contributed by atoms with Gasteiger partial charge >= 0.3 is 6.18 Å². The van der Waals surface area contributed by atoms with Crippen LogP contribution in [0.5, 0.6) is 5.75 Å². The molecule has 0 saturated carbocycles. The molecule has 0 aliphatic rings. The number of nitrogens with one attached hydrogen (secondary N) is 1. The van der Waals surface area contributed by atoms with E-state index in [1.165, 1.54) is 12.1 Å². The predicted molar refractivity (Wildman–Crippen MR) is 84.7 cm³/mol. The van der Waals surface area contributed by atoms with Gasteiger partial charge in [-0.3, -0.25) is 4.79 Å². The molecule has 24 heavy (non-hydrogen) atoms. The van der Waals surface area contributed by atoms with Gasteiger partial charge in [0.1, 0.15) is 5.75 Å². The number of alkyl halides is 3. The summed E-state index contributed by atoms with van der Waals surface area (Å²) in [5, 5.41) is 2.72. The van der Waals surface area contributed by atoms with Crippen molar-refractivity contribution in [3.8, 4) is 5.75 Å². The van der Waals surface area contributed by atoms with E-state index < -0.39 is 11.7 Å². The van der Waals surface area contributed by atoms with Gasteiger partial charge in [0, 0.05) is 6.54 Å². The Morgan fingerprint density at radius 3 is 2.29 bits per heavy atom. The number of amides is 1. The zero-order chi connectivity index (χ0) is 17.4. The molecular formula is C18H18F3NO2. The van der Waals surface area contributed by atoms with E-state index in [0.717, 1.165) is 17.7 Å². The van der Waals surface area contributed by atoms with Gasteiger partial charge in [-0.15, -0.1) is 0 Å². The Bertz CT molecular complexity index is 640. The minimum Gasteiger partial charge on any atom is -0.493 e. The van der Waals surface area contributed by atoms with Gasteiger partial charge in [-0.05, 0) is 36.2 Å². The van der Waals surface area contributed by atoms with Crippen LogP contribution in [0.1, 0.15) is 17.5 Å². The molecule has 0 aliphatic carbocycles. The van der Waals surface area contributed by atoms with Crippen molar-refractivity contribution in [2.45, 2.75) is 19.0 Å². The minimum absolute atomic E-state index is 0.155. The molecule has 1 N–H and O–H groups in total. The highest BCUT2D eigenvalue weighted by Crippen LogP contribution is 2.29. The first-order valence-electron chi connectivity index (χ1n) is 7.56. The maximum atomic E-state index is 12.4. The Balaban J connectivity index is 1.65. The summed E-state index contributed by atoms with van der Waals surface area (Å²) in [6.45, 7) is 0.645. The molecule has 0 radical (unpaired) electrons. The van der Waals surface area contributed by atoms with Crippen LogP contribution in [0.25, 0.3) is 0 Å². The standard InChI is InChI=1S/C18H18F3NO2/c19-18(20,21)15-8-6-14(7-9-15)10-12-22-17(23)11-13-24-16-4-2-1-3-5-16/h1-9H,10-13H2,(H,22,23). The fourth-order valence-corrected chi connectivity index (χ4v) is 2.07. The average Bonchev–Trinajstić information content (AvgIpc) is 2.55. The lowest BCUT2D eigenvalue weighted by Gasteiger charge is -2.09. The van der Waals surface area contributed by atoms with Crippen LogP contribution in [0.4, 0.5) is 13.2 Å². The van der Waals surface area contributed by atoms with Crippen molar-refractivity contribution in [2.24, 2.45) is 0 Å². The lowest BCUT2D eigenvalue weighted by molar-refractivity contribution is -0.137. The van der Waals surface area contributed by atoms with Crippen molar-refractivity contribution in [1.29, 1.82) is 0 Å². The number of ether oxygens (including phenoxy) is 1. The molecular weight excluding hydrogens is 319 g/mol. The van der Waals surface area contributed by atoms with Gasteiger partial charge in [0.2, 0.25) is 5.91 Å². The molecule has 0 aliphatic heterocycles. The molecule has 3 nitrogen and oxygen atoms in total. The van der Waals surface area contributed by atoms with Crippen LogP contribution in [0.2, 0.25) is 0 Å². The lowest BCUT2D eigenvalue weighted by Crippen LogP contribution is -2.27. The van der Waals surface area contributed by atoms with Crippen LogP contribution >= 0.6 is 0 Å². The normalized spacial score (nSPS) is 11.1. The molecule has 2 rings (SSSR count). The first-order valence-corrected chi connectivity index (χ1v) is 7.56. The summed E-state index contributed by atoms with van der Waals surface area (Å²) in [5.74, 6) is 0.549. The van der Waals surface area contributed by atoms with Gasteiger partial charge in [-0.1, -0.05) is 30.3 Å². The summed E-state index contributed by atoms with van der Waals surface area (Å²) in [7, 11) is 0. The number of para-hydroxylation sites is 1. The third-order valence-corrected chi connectivity index (χ3v) is 3.36. The van der Waals surface area contributed by atoms with Gasteiger partial charge in [-0.25, -0.2) is 0 Å². The molecule has 0 bridgehead atoms. The summed E-state index contributed by atoms with van der Waals surface area (Å²) in [6.07, 6.45) is -3.63. The van der Waals surface area contributed by atoms with Crippen LogP contribution in [-0.2, 0) is 17.4 Å². The van der Waals surface area contributed by atoms with Gasteiger partial charge in [0.05, 0.1) is 18.6 Å². The molecule has 0 saturated heterocycles. The van der Waals surface area contributed by atoms with Crippen molar-refractivity contribution in [3.63, 3.8) is 0 Å². The highest BCUT2D eigenvalue weighted by Gasteiger charge is 2.29. The van der Waals surface area contributed by atoms with Crippen LogP contribution in [0.15, 0.2) is 54.6 Å². The smallest absolute Gasteiger partial charge is 0.416 e. The maximum absolute atomic E-state index is 12.4. The second-order valence-electron chi connectivity index (χ2n) is 5.21. The number of benzene rings is 2. The second kappa shape index (κ2) is 8.38. The van der Waals surface area contributed by atoms with E-state index in [0.29, 0.717) is 18.7 Å². The van der Waals surface area contributed by atoms with Crippen molar-refractivity contribution >= 4 is 5.91 Å². The zero-order valence-electron chi connectivity index (χ0n) is 13.0. The Morgan fingerprint density at radius 1 is 1.00 bits per heavy atom. The largest absolute Gasteiger partial charge is 0.493 e. The molecule has 2 aromatic carbocycles. The van der Waals surface area contributed by atoms with Crippen molar-refractivity contribution in [3.05, 3.63) is 65.7 Å². The van der Waals surface area contributed by atoms with Crippen LogP contribution in [0, 0.1) is 0 Å². The topological polar surface area (TPSA) is 38.3 Å². The molecule has 128 valence electrons.